The Kier molecular flexibility index (Phi) is 7.73. The maximum absolute atomic E-state index is 13.2. The van der Waals surface area contributed by atoms with Gasteiger partial charge in [-0.25, -0.2) is 10.5 Å². The van der Waals surface area contributed by atoms with Crippen LogP contribution in [0.5, 0.6) is 0 Å². The molecule has 0 bridgehead atoms. The smallest absolute Gasteiger partial charge is 0.324 e. The Balaban J connectivity index is 1.68. The molecule has 176 valence electrons. The lowest BCUT2D eigenvalue weighted by atomic mass is 9.92. The first kappa shape index (κ1) is 24.0. The number of rotatable bonds is 8. The maximum atomic E-state index is 13.2. The van der Waals surface area contributed by atoms with Gasteiger partial charge in [-0.1, -0.05) is 25.7 Å². The van der Waals surface area contributed by atoms with Crippen molar-refractivity contribution in [1.29, 1.82) is 0 Å². The third-order valence-corrected chi connectivity index (χ3v) is 6.00. The zero-order valence-electron chi connectivity index (χ0n) is 17.5. The molecule has 0 radical (unpaired) electrons. The van der Waals surface area contributed by atoms with E-state index in [1.165, 1.54) is 5.01 Å². The van der Waals surface area contributed by atoms with Crippen LogP contribution >= 0.6 is 0 Å². The number of hydrogen-bond donors (Lipinski definition) is 3. The van der Waals surface area contributed by atoms with Crippen molar-refractivity contribution in [2.24, 2.45) is 11.8 Å². The second kappa shape index (κ2) is 10.3. The summed E-state index contributed by atoms with van der Waals surface area (Å²) in [5.74, 6) is -1.30. The summed E-state index contributed by atoms with van der Waals surface area (Å²) in [6.07, 6.45) is 0.673. The molecule has 3 amide bonds. The second-order valence-electron chi connectivity index (χ2n) is 8.30. The highest BCUT2D eigenvalue weighted by Crippen LogP contribution is 2.32. The summed E-state index contributed by atoms with van der Waals surface area (Å²) in [5, 5.41) is 13.9. The largest absolute Gasteiger partial charge is 0.416 e. The first-order valence-electron chi connectivity index (χ1n) is 10.6. The van der Waals surface area contributed by atoms with E-state index in [-0.39, 0.29) is 18.6 Å². The highest BCUT2D eigenvalue weighted by molar-refractivity contribution is 5.97. The summed E-state index contributed by atoms with van der Waals surface area (Å²) in [6, 6.07) is 3.20. The summed E-state index contributed by atoms with van der Waals surface area (Å²) in [6.45, 7) is 0.188. The minimum atomic E-state index is -4.47. The van der Waals surface area contributed by atoms with E-state index in [1.54, 1.807) is 0 Å². The first-order valence-corrected chi connectivity index (χ1v) is 10.6. The molecule has 1 aliphatic heterocycles. The number of amides is 3. The van der Waals surface area contributed by atoms with Crippen molar-refractivity contribution in [2.75, 3.05) is 18.4 Å². The number of halogens is 3. The van der Waals surface area contributed by atoms with Crippen LogP contribution in [0.25, 0.3) is 0 Å². The highest BCUT2D eigenvalue weighted by atomic mass is 19.4. The predicted molar refractivity (Wildman–Crippen MR) is 108 cm³/mol. The van der Waals surface area contributed by atoms with Gasteiger partial charge in [0.1, 0.15) is 6.04 Å². The molecule has 1 aromatic rings. The van der Waals surface area contributed by atoms with Crippen LogP contribution in [-0.4, -0.2) is 52.6 Å². The van der Waals surface area contributed by atoms with Crippen LogP contribution in [0.3, 0.4) is 0 Å². The van der Waals surface area contributed by atoms with Crippen molar-refractivity contribution in [2.45, 2.75) is 50.7 Å². The normalized spacial score (nSPS) is 20.2. The van der Waals surface area contributed by atoms with Crippen LogP contribution < -0.4 is 10.7 Å². The molecule has 1 aliphatic carbocycles. The van der Waals surface area contributed by atoms with Crippen molar-refractivity contribution in [3.63, 3.8) is 0 Å². The van der Waals surface area contributed by atoms with Crippen molar-refractivity contribution < 1.29 is 32.8 Å². The van der Waals surface area contributed by atoms with E-state index in [1.807, 2.05) is 0 Å². The van der Waals surface area contributed by atoms with Gasteiger partial charge in [0.15, 0.2) is 0 Å². The van der Waals surface area contributed by atoms with E-state index in [0.717, 1.165) is 49.9 Å². The molecule has 1 heterocycles. The quantitative estimate of drug-likeness (QED) is 0.317. The van der Waals surface area contributed by atoms with Crippen LogP contribution in [0.15, 0.2) is 24.3 Å². The standard InChI is InChI=1S/C21H27F3N4O4/c22-21(23,24)16-5-7-17(8-6-16)26-19(30)18-9-10-25-28(18)20(31)15(12-27(32)13-29)11-14-3-1-2-4-14/h5-8,13-15,18,25,32H,1-4,9-12H2,(H,26,30). The molecule has 1 saturated heterocycles. The van der Waals surface area contributed by atoms with Crippen molar-refractivity contribution in [1.82, 2.24) is 15.5 Å². The molecule has 0 spiro atoms. The zero-order chi connectivity index (χ0) is 23.3. The van der Waals surface area contributed by atoms with Gasteiger partial charge >= 0.3 is 6.18 Å². The molecule has 2 aliphatic rings. The van der Waals surface area contributed by atoms with Crippen molar-refractivity contribution in [3.05, 3.63) is 29.8 Å². The van der Waals surface area contributed by atoms with Crippen molar-refractivity contribution in [3.8, 4) is 0 Å². The van der Waals surface area contributed by atoms with Gasteiger partial charge in [0.25, 0.3) is 0 Å². The van der Waals surface area contributed by atoms with Crippen LogP contribution in [-0.2, 0) is 20.6 Å². The fraction of sp³-hybridized carbons (Fsp3) is 0.571. The molecule has 8 nitrogen and oxygen atoms in total. The number of carbonyl (C=O) groups is 3. The summed E-state index contributed by atoms with van der Waals surface area (Å²) >= 11 is 0. The third kappa shape index (κ3) is 5.98. The number of anilines is 1. The molecular formula is C21H27F3N4O4. The van der Waals surface area contributed by atoms with E-state index in [9.17, 15) is 32.8 Å². The van der Waals surface area contributed by atoms with E-state index in [4.69, 9.17) is 0 Å². The molecule has 3 N–H and O–H groups in total. The lowest BCUT2D eigenvalue weighted by Gasteiger charge is -2.30. The van der Waals surface area contributed by atoms with Gasteiger partial charge < -0.3 is 5.32 Å². The second-order valence-corrected chi connectivity index (χ2v) is 8.30. The topological polar surface area (TPSA) is 102 Å². The van der Waals surface area contributed by atoms with Gasteiger partial charge in [0, 0.05) is 12.2 Å². The Labute approximate surface area is 183 Å². The number of hydrogen-bond acceptors (Lipinski definition) is 5. The molecule has 0 aromatic heterocycles. The molecule has 2 fully saturated rings. The fourth-order valence-electron chi connectivity index (χ4n) is 4.38. The summed E-state index contributed by atoms with van der Waals surface area (Å²) in [7, 11) is 0. The lowest BCUT2D eigenvalue weighted by Crippen LogP contribution is -2.51. The minimum Gasteiger partial charge on any atom is -0.324 e. The van der Waals surface area contributed by atoms with E-state index < -0.39 is 35.5 Å². The van der Waals surface area contributed by atoms with Crippen LogP contribution in [0.4, 0.5) is 18.9 Å². The SMILES string of the molecule is O=CN(O)CC(CC1CCCC1)C(=O)N1NCCC1C(=O)Nc1ccc(C(F)(F)F)cc1. The van der Waals surface area contributed by atoms with E-state index in [2.05, 4.69) is 10.7 Å². The molecule has 32 heavy (non-hydrogen) atoms. The molecule has 2 atom stereocenters. The number of hydroxylamine groups is 2. The third-order valence-electron chi connectivity index (χ3n) is 6.00. The van der Waals surface area contributed by atoms with E-state index in [0.29, 0.717) is 30.4 Å². The average molecular weight is 456 g/mol. The fourth-order valence-corrected chi connectivity index (χ4v) is 4.38. The molecular weight excluding hydrogens is 429 g/mol. The van der Waals surface area contributed by atoms with Crippen molar-refractivity contribution >= 4 is 23.9 Å². The molecule has 2 unspecified atom stereocenters. The number of hydrazine groups is 1. The van der Waals surface area contributed by atoms with Gasteiger partial charge in [0.05, 0.1) is 18.0 Å². The number of benzene rings is 1. The first-order chi connectivity index (χ1) is 15.2. The highest BCUT2D eigenvalue weighted by Gasteiger charge is 2.39. The Morgan fingerprint density at radius 2 is 1.88 bits per heavy atom. The number of nitrogens with one attached hydrogen (secondary N) is 2. The summed E-state index contributed by atoms with van der Waals surface area (Å²) in [4.78, 5) is 36.9. The molecule has 1 aromatic carbocycles. The average Bonchev–Trinajstić information content (AvgIpc) is 3.44. The Bertz CT molecular complexity index is 812. The number of alkyl halides is 3. The van der Waals surface area contributed by atoms with Crippen LogP contribution in [0, 0.1) is 11.8 Å². The Morgan fingerprint density at radius 3 is 2.47 bits per heavy atom. The maximum Gasteiger partial charge on any atom is 0.416 e. The Hall–Kier alpha value is -2.66. The van der Waals surface area contributed by atoms with Gasteiger partial charge in [0.2, 0.25) is 18.2 Å². The molecule has 11 heteroatoms. The Morgan fingerprint density at radius 1 is 1.22 bits per heavy atom. The minimum absolute atomic E-state index is 0.176. The van der Waals surface area contributed by atoms with Gasteiger partial charge in [-0.2, -0.15) is 13.2 Å². The van der Waals surface area contributed by atoms with Gasteiger partial charge in [-0.05, 0) is 43.0 Å². The summed E-state index contributed by atoms with van der Waals surface area (Å²) in [5.41, 5.74) is 2.25. The molecule has 1 saturated carbocycles. The monoisotopic (exact) mass is 456 g/mol. The van der Waals surface area contributed by atoms with Crippen LogP contribution in [0.1, 0.15) is 44.1 Å². The van der Waals surface area contributed by atoms with Crippen LogP contribution in [0.2, 0.25) is 0 Å². The molecule has 3 rings (SSSR count). The van der Waals surface area contributed by atoms with E-state index >= 15 is 0 Å². The van der Waals surface area contributed by atoms with Gasteiger partial charge in [-0.15, -0.1) is 0 Å². The lowest BCUT2D eigenvalue weighted by molar-refractivity contribution is -0.159. The number of carbonyl (C=O) groups excluding carboxylic acids is 3. The summed E-state index contributed by atoms with van der Waals surface area (Å²) < 4.78 is 38.2. The zero-order valence-corrected chi connectivity index (χ0v) is 17.5. The van der Waals surface area contributed by atoms with Gasteiger partial charge in [-0.3, -0.25) is 24.6 Å². The number of nitrogens with zero attached hydrogens (tertiary/aromatic N) is 2. The predicted octanol–water partition coefficient (Wildman–Crippen LogP) is 2.79.